The van der Waals surface area contributed by atoms with E-state index in [1.54, 1.807) is 12.1 Å². The van der Waals surface area contributed by atoms with Gasteiger partial charge < -0.3 is 10.1 Å². The number of amides is 2. The lowest BCUT2D eigenvalue weighted by molar-refractivity contribution is 0.0507. The first kappa shape index (κ1) is 19.6. The van der Waals surface area contributed by atoms with Crippen molar-refractivity contribution in [1.29, 1.82) is 0 Å². The molecule has 2 N–H and O–H groups in total. The highest BCUT2D eigenvalue weighted by atomic mass is 32.1. The monoisotopic (exact) mass is 394 g/mol. The second kappa shape index (κ2) is 9.19. The minimum Gasteiger partial charge on any atom is -0.462 e. The van der Waals surface area contributed by atoms with Crippen LogP contribution in [-0.4, -0.2) is 18.6 Å². The normalized spacial score (nSPS) is 10.4. The predicted octanol–water partition coefficient (Wildman–Crippen LogP) is 5.93. The van der Waals surface area contributed by atoms with Crippen LogP contribution in [-0.2, 0) is 4.74 Å². The van der Waals surface area contributed by atoms with E-state index in [1.807, 2.05) is 62.4 Å². The van der Waals surface area contributed by atoms with E-state index < -0.39 is 12.0 Å². The Bertz CT molecular complexity index is 953. The zero-order valence-corrected chi connectivity index (χ0v) is 16.6. The molecular formula is C22H22N2O3S. The van der Waals surface area contributed by atoms with E-state index in [0.29, 0.717) is 22.9 Å². The fraction of sp³-hybridized carbons (Fsp3) is 0.182. The number of esters is 1. The molecule has 6 heteroatoms. The van der Waals surface area contributed by atoms with Crippen LogP contribution in [0.3, 0.4) is 0 Å². The molecule has 3 aromatic rings. The third-order valence-electron chi connectivity index (χ3n) is 4.05. The number of hydrogen-bond acceptors (Lipinski definition) is 4. The highest BCUT2D eigenvalue weighted by Gasteiger charge is 2.25. The quantitative estimate of drug-likeness (QED) is 0.509. The van der Waals surface area contributed by atoms with Crippen LogP contribution in [0.15, 0.2) is 60.7 Å². The molecule has 0 fully saturated rings. The number of ether oxygens (including phenoxy) is 1. The van der Waals surface area contributed by atoms with Gasteiger partial charge in [-0.2, -0.15) is 0 Å². The fourth-order valence-corrected chi connectivity index (χ4v) is 3.89. The molecule has 0 aliphatic carbocycles. The van der Waals surface area contributed by atoms with Crippen molar-refractivity contribution in [2.75, 3.05) is 17.2 Å². The third kappa shape index (κ3) is 4.58. The molecule has 5 nitrogen and oxygen atoms in total. The number of thiophene rings is 1. The molecule has 28 heavy (non-hydrogen) atoms. The van der Waals surface area contributed by atoms with Gasteiger partial charge in [0.2, 0.25) is 0 Å². The van der Waals surface area contributed by atoms with Crippen LogP contribution in [0.2, 0.25) is 0 Å². The Balaban J connectivity index is 1.93. The van der Waals surface area contributed by atoms with E-state index in [2.05, 4.69) is 10.6 Å². The Hall–Kier alpha value is -3.12. The predicted molar refractivity (Wildman–Crippen MR) is 114 cm³/mol. The minimum atomic E-state index is -0.430. The van der Waals surface area contributed by atoms with E-state index in [0.717, 1.165) is 22.4 Å². The highest BCUT2D eigenvalue weighted by Crippen LogP contribution is 2.40. The molecule has 0 saturated heterocycles. The summed E-state index contributed by atoms with van der Waals surface area (Å²) in [6.45, 7) is 4.21. The average Bonchev–Trinajstić information content (AvgIpc) is 3.03. The molecule has 3 rings (SSSR count). The van der Waals surface area contributed by atoms with Crippen LogP contribution in [0.5, 0.6) is 0 Å². The van der Waals surface area contributed by atoms with Gasteiger partial charge in [0.25, 0.3) is 0 Å². The number of carbonyl (C=O) groups is 2. The Kier molecular flexibility index (Phi) is 6.45. The SMILES string of the molecule is CCCOC(=O)c1c(NC(=O)Nc2ccccc2)sc(C)c1-c1ccccc1. The molecule has 0 saturated carbocycles. The second-order valence-corrected chi connectivity index (χ2v) is 7.41. The van der Waals surface area contributed by atoms with Crippen molar-refractivity contribution in [1.82, 2.24) is 0 Å². The molecule has 2 amide bonds. The molecule has 0 atom stereocenters. The van der Waals surface area contributed by atoms with Gasteiger partial charge >= 0.3 is 12.0 Å². The summed E-state index contributed by atoms with van der Waals surface area (Å²) < 4.78 is 5.39. The van der Waals surface area contributed by atoms with Crippen molar-refractivity contribution >= 4 is 34.0 Å². The number of anilines is 2. The summed E-state index contributed by atoms with van der Waals surface area (Å²) in [6.07, 6.45) is 0.729. The molecule has 2 aromatic carbocycles. The van der Waals surface area contributed by atoms with Crippen LogP contribution in [0.4, 0.5) is 15.5 Å². The van der Waals surface area contributed by atoms with Crippen molar-refractivity contribution < 1.29 is 14.3 Å². The first-order valence-electron chi connectivity index (χ1n) is 9.09. The van der Waals surface area contributed by atoms with Gasteiger partial charge in [0, 0.05) is 16.1 Å². The molecular weight excluding hydrogens is 372 g/mol. The summed E-state index contributed by atoms with van der Waals surface area (Å²) >= 11 is 1.36. The van der Waals surface area contributed by atoms with E-state index in [9.17, 15) is 9.59 Å². The largest absolute Gasteiger partial charge is 0.462 e. The smallest absolute Gasteiger partial charge is 0.341 e. The first-order valence-corrected chi connectivity index (χ1v) is 9.90. The maximum atomic E-state index is 12.8. The molecule has 0 bridgehead atoms. The molecule has 0 spiro atoms. The number of rotatable bonds is 6. The van der Waals surface area contributed by atoms with Gasteiger partial charge in [-0.1, -0.05) is 55.5 Å². The maximum absolute atomic E-state index is 12.8. The second-order valence-electron chi connectivity index (χ2n) is 6.18. The van der Waals surface area contributed by atoms with Gasteiger partial charge in [-0.15, -0.1) is 11.3 Å². The maximum Gasteiger partial charge on any atom is 0.341 e. The van der Waals surface area contributed by atoms with Gasteiger partial charge in [0.1, 0.15) is 10.6 Å². The lowest BCUT2D eigenvalue weighted by Gasteiger charge is -2.10. The van der Waals surface area contributed by atoms with Crippen LogP contribution in [0.25, 0.3) is 11.1 Å². The Morgan fingerprint density at radius 3 is 2.25 bits per heavy atom. The molecule has 1 heterocycles. The van der Waals surface area contributed by atoms with Gasteiger partial charge in [0.15, 0.2) is 0 Å². The number of hydrogen-bond donors (Lipinski definition) is 2. The van der Waals surface area contributed by atoms with Crippen molar-refractivity contribution in [3.8, 4) is 11.1 Å². The average molecular weight is 394 g/mol. The van der Waals surface area contributed by atoms with Gasteiger partial charge in [-0.3, -0.25) is 5.32 Å². The molecule has 0 unspecified atom stereocenters. The number of carbonyl (C=O) groups excluding carboxylic acids is 2. The summed E-state index contributed by atoms with van der Waals surface area (Å²) in [7, 11) is 0. The van der Waals surface area contributed by atoms with Crippen LogP contribution in [0.1, 0.15) is 28.6 Å². The summed E-state index contributed by atoms with van der Waals surface area (Å²) in [6, 6.07) is 18.4. The molecule has 0 radical (unpaired) electrons. The zero-order valence-electron chi connectivity index (χ0n) is 15.8. The summed E-state index contributed by atoms with van der Waals surface area (Å²) in [5, 5.41) is 6.07. The Labute approximate surface area is 168 Å². The van der Waals surface area contributed by atoms with Crippen molar-refractivity contribution in [2.24, 2.45) is 0 Å². The van der Waals surface area contributed by atoms with Gasteiger partial charge in [0.05, 0.1) is 6.61 Å². The fourth-order valence-electron chi connectivity index (χ4n) is 2.83. The lowest BCUT2D eigenvalue weighted by atomic mass is 10.0. The number of urea groups is 1. The minimum absolute atomic E-state index is 0.331. The van der Waals surface area contributed by atoms with Crippen molar-refractivity contribution in [3.63, 3.8) is 0 Å². The topological polar surface area (TPSA) is 67.4 Å². The molecule has 0 aliphatic rings. The first-order chi connectivity index (χ1) is 13.6. The Morgan fingerprint density at radius 1 is 0.964 bits per heavy atom. The van der Waals surface area contributed by atoms with E-state index >= 15 is 0 Å². The van der Waals surface area contributed by atoms with Crippen molar-refractivity contribution in [2.45, 2.75) is 20.3 Å². The number of benzene rings is 2. The van der Waals surface area contributed by atoms with Crippen LogP contribution in [0, 0.1) is 6.92 Å². The molecule has 0 aliphatic heterocycles. The van der Waals surface area contributed by atoms with E-state index in [1.165, 1.54) is 11.3 Å². The number of aryl methyl sites for hydroxylation is 1. The van der Waals surface area contributed by atoms with E-state index in [-0.39, 0.29) is 0 Å². The van der Waals surface area contributed by atoms with Gasteiger partial charge in [-0.25, -0.2) is 9.59 Å². The lowest BCUT2D eigenvalue weighted by Crippen LogP contribution is -2.20. The zero-order chi connectivity index (χ0) is 19.9. The number of nitrogens with one attached hydrogen (secondary N) is 2. The number of para-hydroxylation sites is 1. The van der Waals surface area contributed by atoms with Gasteiger partial charge in [-0.05, 0) is 31.0 Å². The molecule has 144 valence electrons. The summed E-state index contributed by atoms with van der Waals surface area (Å²) in [5.74, 6) is -0.430. The Morgan fingerprint density at radius 2 is 1.61 bits per heavy atom. The molecule has 1 aromatic heterocycles. The third-order valence-corrected chi connectivity index (χ3v) is 5.07. The standard InChI is InChI=1S/C22H22N2O3S/c1-3-14-27-21(25)19-18(16-10-6-4-7-11-16)15(2)28-20(19)24-22(26)23-17-12-8-5-9-13-17/h4-13H,3,14H2,1-2H3,(H2,23,24,26). The van der Waals surface area contributed by atoms with Crippen LogP contribution >= 0.6 is 11.3 Å². The van der Waals surface area contributed by atoms with E-state index in [4.69, 9.17) is 4.74 Å². The van der Waals surface area contributed by atoms with Crippen LogP contribution < -0.4 is 10.6 Å². The van der Waals surface area contributed by atoms with Crippen molar-refractivity contribution in [3.05, 3.63) is 71.1 Å². The summed E-state index contributed by atoms with van der Waals surface area (Å²) in [4.78, 5) is 26.2. The highest BCUT2D eigenvalue weighted by molar-refractivity contribution is 7.17. The summed E-state index contributed by atoms with van der Waals surface area (Å²) in [5.41, 5.74) is 2.77.